The number of rotatable bonds is 2. The summed E-state index contributed by atoms with van der Waals surface area (Å²) in [6.45, 7) is 2.10. The summed E-state index contributed by atoms with van der Waals surface area (Å²) in [6, 6.07) is 7.87. The van der Waals surface area contributed by atoms with E-state index in [1.807, 2.05) is 24.3 Å². The Morgan fingerprint density at radius 2 is 2.38 bits per heavy atom. The maximum atomic E-state index is 10.3. The minimum absolute atomic E-state index is 0.354. The van der Waals surface area contributed by atoms with Crippen LogP contribution < -0.4 is 0 Å². The van der Waals surface area contributed by atoms with E-state index in [9.17, 15) is 5.11 Å². The summed E-state index contributed by atoms with van der Waals surface area (Å²) in [5.41, 5.74) is 0.111. The van der Waals surface area contributed by atoms with Crippen LogP contribution >= 0.6 is 15.9 Å². The maximum absolute atomic E-state index is 10.3. The van der Waals surface area contributed by atoms with E-state index in [1.54, 1.807) is 0 Å². The zero-order valence-electron chi connectivity index (χ0n) is 9.03. The number of para-hydroxylation sites is 1. The Bertz CT molecular complexity index is 546. The minimum Gasteiger partial charge on any atom is -0.457 e. The molecule has 3 heteroatoms. The summed E-state index contributed by atoms with van der Waals surface area (Å²) in [5, 5.41) is 11.4. The predicted molar refractivity (Wildman–Crippen MR) is 66.2 cm³/mol. The average molecular weight is 281 g/mol. The maximum Gasteiger partial charge on any atom is 0.148 e. The molecule has 0 amide bonds. The van der Waals surface area contributed by atoms with Gasteiger partial charge < -0.3 is 9.52 Å². The van der Waals surface area contributed by atoms with Gasteiger partial charge in [-0.1, -0.05) is 19.1 Å². The van der Waals surface area contributed by atoms with Gasteiger partial charge in [0.25, 0.3) is 0 Å². The molecule has 0 saturated heterocycles. The van der Waals surface area contributed by atoms with Gasteiger partial charge in [0.15, 0.2) is 0 Å². The SMILES string of the molecule is CCC1CC1(O)c1cc2cccc(Br)c2o1. The fraction of sp³-hybridized carbons (Fsp3) is 0.385. The van der Waals surface area contributed by atoms with Crippen molar-refractivity contribution in [2.24, 2.45) is 5.92 Å². The quantitative estimate of drug-likeness (QED) is 0.908. The molecule has 84 valence electrons. The normalized spacial score (nSPS) is 28.6. The Hall–Kier alpha value is -0.800. The molecule has 1 aliphatic carbocycles. The van der Waals surface area contributed by atoms with Gasteiger partial charge in [-0.3, -0.25) is 0 Å². The number of hydrogen-bond donors (Lipinski definition) is 1. The van der Waals surface area contributed by atoms with E-state index < -0.39 is 5.60 Å². The number of benzene rings is 1. The summed E-state index contributed by atoms with van der Waals surface area (Å²) in [6.07, 6.45) is 1.82. The Morgan fingerprint density at radius 1 is 1.56 bits per heavy atom. The molecule has 0 aliphatic heterocycles. The summed E-state index contributed by atoms with van der Waals surface area (Å²) in [7, 11) is 0. The molecule has 2 aromatic rings. The second-order valence-electron chi connectivity index (χ2n) is 4.50. The van der Waals surface area contributed by atoms with Crippen LogP contribution in [0.15, 0.2) is 33.2 Å². The second-order valence-corrected chi connectivity index (χ2v) is 5.36. The first-order valence-electron chi connectivity index (χ1n) is 5.56. The molecular weight excluding hydrogens is 268 g/mol. The molecule has 1 saturated carbocycles. The van der Waals surface area contributed by atoms with Gasteiger partial charge in [0.1, 0.15) is 16.9 Å². The topological polar surface area (TPSA) is 33.4 Å². The molecule has 1 aromatic heterocycles. The Labute approximate surface area is 102 Å². The lowest BCUT2D eigenvalue weighted by atomic mass is 10.1. The van der Waals surface area contributed by atoms with E-state index in [0.29, 0.717) is 11.7 Å². The summed E-state index contributed by atoms with van der Waals surface area (Å²) < 4.78 is 6.70. The Balaban J connectivity index is 2.10. The average Bonchev–Trinajstić information content (AvgIpc) is 2.75. The minimum atomic E-state index is -0.715. The lowest BCUT2D eigenvalue weighted by molar-refractivity contribution is 0.106. The molecule has 0 bridgehead atoms. The van der Waals surface area contributed by atoms with Crippen molar-refractivity contribution < 1.29 is 9.52 Å². The lowest BCUT2D eigenvalue weighted by Gasteiger charge is -2.04. The van der Waals surface area contributed by atoms with Crippen LogP contribution in [-0.2, 0) is 5.60 Å². The van der Waals surface area contributed by atoms with Gasteiger partial charge in [0.05, 0.1) is 4.47 Å². The fourth-order valence-electron chi connectivity index (χ4n) is 2.34. The standard InChI is InChI=1S/C13H13BrO2/c1-2-9-7-13(9,15)11-6-8-4-3-5-10(14)12(8)16-11/h3-6,9,15H,2,7H2,1H3. The van der Waals surface area contributed by atoms with Crippen LogP contribution in [0.25, 0.3) is 11.0 Å². The van der Waals surface area contributed by atoms with Gasteiger partial charge in [0.2, 0.25) is 0 Å². The number of aliphatic hydroxyl groups is 1. The molecule has 3 rings (SSSR count). The van der Waals surface area contributed by atoms with Crippen molar-refractivity contribution >= 4 is 26.9 Å². The number of hydrogen-bond acceptors (Lipinski definition) is 2. The van der Waals surface area contributed by atoms with Gasteiger partial charge >= 0.3 is 0 Å². The predicted octanol–water partition coefficient (Wildman–Crippen LogP) is 3.81. The van der Waals surface area contributed by atoms with Crippen molar-refractivity contribution in [1.29, 1.82) is 0 Å². The molecule has 1 fully saturated rings. The summed E-state index contributed by atoms with van der Waals surface area (Å²) in [4.78, 5) is 0. The molecule has 1 N–H and O–H groups in total. The number of halogens is 1. The van der Waals surface area contributed by atoms with Gasteiger partial charge in [-0.15, -0.1) is 0 Å². The Morgan fingerprint density at radius 3 is 3.00 bits per heavy atom. The van der Waals surface area contributed by atoms with Gasteiger partial charge in [0, 0.05) is 5.39 Å². The summed E-state index contributed by atoms with van der Waals surface area (Å²) >= 11 is 3.45. The number of furan rings is 1. The lowest BCUT2D eigenvalue weighted by Crippen LogP contribution is -2.06. The van der Waals surface area contributed by atoms with Crippen molar-refractivity contribution in [3.05, 3.63) is 34.5 Å². The van der Waals surface area contributed by atoms with Crippen LogP contribution in [0.2, 0.25) is 0 Å². The monoisotopic (exact) mass is 280 g/mol. The first-order chi connectivity index (χ1) is 7.65. The molecule has 1 heterocycles. The largest absolute Gasteiger partial charge is 0.457 e. The van der Waals surface area contributed by atoms with Gasteiger partial charge in [-0.2, -0.15) is 0 Å². The molecule has 0 spiro atoms. The van der Waals surface area contributed by atoms with Crippen LogP contribution in [0.1, 0.15) is 25.5 Å². The third-order valence-corrected chi connectivity index (χ3v) is 4.11. The van der Waals surface area contributed by atoms with E-state index in [2.05, 4.69) is 22.9 Å². The zero-order chi connectivity index (χ0) is 11.3. The van der Waals surface area contributed by atoms with Crippen LogP contribution in [0.3, 0.4) is 0 Å². The van der Waals surface area contributed by atoms with Crippen molar-refractivity contribution in [2.75, 3.05) is 0 Å². The first-order valence-corrected chi connectivity index (χ1v) is 6.35. The Kier molecular flexibility index (Phi) is 2.17. The molecule has 2 atom stereocenters. The van der Waals surface area contributed by atoms with E-state index in [0.717, 1.165) is 28.3 Å². The highest BCUT2D eigenvalue weighted by Crippen LogP contribution is 2.54. The molecule has 2 nitrogen and oxygen atoms in total. The van der Waals surface area contributed by atoms with E-state index in [1.165, 1.54) is 0 Å². The van der Waals surface area contributed by atoms with Crippen LogP contribution in [0.5, 0.6) is 0 Å². The number of fused-ring (bicyclic) bond motifs is 1. The fourth-order valence-corrected chi connectivity index (χ4v) is 2.80. The van der Waals surface area contributed by atoms with Crippen LogP contribution in [0, 0.1) is 5.92 Å². The zero-order valence-corrected chi connectivity index (χ0v) is 10.6. The van der Waals surface area contributed by atoms with E-state index >= 15 is 0 Å². The molecule has 0 radical (unpaired) electrons. The molecular formula is C13H13BrO2. The highest BCUT2D eigenvalue weighted by Gasteiger charge is 2.55. The third-order valence-electron chi connectivity index (χ3n) is 3.49. The molecule has 1 aromatic carbocycles. The first kappa shape index (κ1) is 10.4. The highest BCUT2D eigenvalue weighted by atomic mass is 79.9. The molecule has 16 heavy (non-hydrogen) atoms. The van der Waals surface area contributed by atoms with Crippen LogP contribution in [-0.4, -0.2) is 5.11 Å². The van der Waals surface area contributed by atoms with E-state index in [-0.39, 0.29) is 0 Å². The highest BCUT2D eigenvalue weighted by molar-refractivity contribution is 9.10. The molecule has 1 aliphatic rings. The van der Waals surface area contributed by atoms with Crippen molar-refractivity contribution in [1.82, 2.24) is 0 Å². The molecule has 2 unspecified atom stereocenters. The van der Waals surface area contributed by atoms with Crippen molar-refractivity contribution in [3.8, 4) is 0 Å². The van der Waals surface area contributed by atoms with Gasteiger partial charge in [-0.25, -0.2) is 0 Å². The van der Waals surface area contributed by atoms with E-state index in [4.69, 9.17) is 4.42 Å². The van der Waals surface area contributed by atoms with Gasteiger partial charge in [-0.05, 0) is 46.8 Å². The van der Waals surface area contributed by atoms with Crippen molar-refractivity contribution in [2.45, 2.75) is 25.4 Å². The third kappa shape index (κ3) is 1.35. The van der Waals surface area contributed by atoms with Crippen molar-refractivity contribution in [3.63, 3.8) is 0 Å². The second kappa shape index (κ2) is 3.34. The smallest absolute Gasteiger partial charge is 0.148 e. The summed E-state index contributed by atoms with van der Waals surface area (Å²) in [5.74, 6) is 1.06. The van der Waals surface area contributed by atoms with Crippen LogP contribution in [0.4, 0.5) is 0 Å².